The van der Waals surface area contributed by atoms with E-state index in [-0.39, 0.29) is 12.1 Å². The van der Waals surface area contributed by atoms with Crippen molar-refractivity contribution in [3.05, 3.63) is 0 Å². The molecule has 1 amide bonds. The van der Waals surface area contributed by atoms with Crippen molar-refractivity contribution in [2.45, 2.75) is 58.1 Å². The van der Waals surface area contributed by atoms with Crippen LogP contribution in [0.15, 0.2) is 0 Å². The van der Waals surface area contributed by atoms with Crippen LogP contribution in [0, 0.1) is 5.92 Å². The van der Waals surface area contributed by atoms with Crippen LogP contribution in [0.25, 0.3) is 0 Å². The van der Waals surface area contributed by atoms with E-state index < -0.39 is 5.60 Å². The van der Waals surface area contributed by atoms with E-state index in [0.29, 0.717) is 0 Å². The lowest BCUT2D eigenvalue weighted by Gasteiger charge is -2.35. The smallest absolute Gasteiger partial charge is 0.407 e. The minimum absolute atomic E-state index is 0.255. The highest BCUT2D eigenvalue weighted by Crippen LogP contribution is 2.19. The summed E-state index contributed by atoms with van der Waals surface area (Å²) in [6, 6.07) is 0.255. The summed E-state index contributed by atoms with van der Waals surface area (Å²) >= 11 is 0. The highest BCUT2D eigenvalue weighted by atomic mass is 16.6. The van der Waals surface area contributed by atoms with E-state index in [9.17, 15) is 4.79 Å². The number of carbonyl (C=O) groups is 1. The monoisotopic (exact) mass is 298 g/mol. The Labute approximate surface area is 128 Å². The zero-order valence-electron chi connectivity index (χ0n) is 13.7. The fourth-order valence-corrected chi connectivity index (χ4v) is 3.03. The molecule has 2 rings (SSSR count). The van der Waals surface area contributed by atoms with Crippen LogP contribution < -0.4 is 5.32 Å². The summed E-state index contributed by atoms with van der Waals surface area (Å²) in [6.07, 6.45) is 4.13. The van der Waals surface area contributed by atoms with Crippen LogP contribution in [0.4, 0.5) is 4.79 Å². The Morgan fingerprint density at radius 2 is 1.81 bits per heavy atom. The predicted octanol–water partition coefficient (Wildman–Crippen LogP) is 2.40. The Hall–Kier alpha value is -0.810. The Morgan fingerprint density at radius 1 is 1.19 bits per heavy atom. The third-order valence-corrected chi connectivity index (χ3v) is 4.17. The van der Waals surface area contributed by atoms with Gasteiger partial charge in [-0.15, -0.1) is 0 Å². The summed E-state index contributed by atoms with van der Waals surface area (Å²) in [4.78, 5) is 14.3. The molecule has 0 aromatic rings. The molecule has 2 aliphatic heterocycles. The molecular weight excluding hydrogens is 268 g/mol. The first kappa shape index (κ1) is 16.6. The van der Waals surface area contributed by atoms with Gasteiger partial charge >= 0.3 is 6.09 Å². The molecule has 0 saturated carbocycles. The van der Waals surface area contributed by atoms with Gasteiger partial charge in [-0.25, -0.2) is 4.79 Å². The lowest BCUT2D eigenvalue weighted by molar-refractivity contribution is 0.0410. The van der Waals surface area contributed by atoms with Crippen LogP contribution in [-0.2, 0) is 9.47 Å². The number of likely N-dealkylation sites (tertiary alicyclic amines) is 1. The van der Waals surface area contributed by atoms with Crippen molar-refractivity contribution in [3.63, 3.8) is 0 Å². The van der Waals surface area contributed by atoms with Crippen molar-refractivity contribution in [2.75, 3.05) is 32.8 Å². The number of piperidine rings is 1. The molecule has 2 saturated heterocycles. The van der Waals surface area contributed by atoms with Crippen LogP contribution in [0.5, 0.6) is 0 Å². The maximum Gasteiger partial charge on any atom is 0.407 e. The first-order valence-corrected chi connectivity index (χ1v) is 8.22. The van der Waals surface area contributed by atoms with E-state index in [2.05, 4.69) is 10.2 Å². The van der Waals surface area contributed by atoms with Crippen molar-refractivity contribution >= 4 is 6.09 Å². The maximum atomic E-state index is 11.8. The molecule has 0 unspecified atom stereocenters. The van der Waals surface area contributed by atoms with Gasteiger partial charge in [0.25, 0.3) is 0 Å². The fraction of sp³-hybridized carbons (Fsp3) is 0.938. The largest absolute Gasteiger partial charge is 0.444 e. The minimum Gasteiger partial charge on any atom is -0.444 e. The minimum atomic E-state index is -0.423. The number of rotatable bonds is 3. The van der Waals surface area contributed by atoms with Gasteiger partial charge in [-0.2, -0.15) is 0 Å². The second-order valence-corrected chi connectivity index (χ2v) is 7.28. The number of amides is 1. The zero-order chi connectivity index (χ0) is 15.3. The Balaban J connectivity index is 1.64. The van der Waals surface area contributed by atoms with Gasteiger partial charge in [-0.3, -0.25) is 0 Å². The predicted molar refractivity (Wildman–Crippen MR) is 82.4 cm³/mol. The Bertz CT molecular complexity index is 327. The molecule has 122 valence electrons. The molecular formula is C16H30N2O3. The number of nitrogens with one attached hydrogen (secondary N) is 1. The van der Waals surface area contributed by atoms with Crippen molar-refractivity contribution in [2.24, 2.45) is 5.92 Å². The standard InChI is InChI=1S/C16H30N2O3/c1-16(2,3)21-15(19)17-14-4-8-18(9-5-14)12-13-6-10-20-11-7-13/h13-14H,4-12H2,1-3H3,(H,17,19). The molecule has 0 radical (unpaired) electrons. The summed E-state index contributed by atoms with van der Waals surface area (Å²) in [5.74, 6) is 0.786. The first-order chi connectivity index (χ1) is 9.92. The molecule has 0 aliphatic carbocycles. The van der Waals surface area contributed by atoms with Gasteiger partial charge in [-0.1, -0.05) is 0 Å². The molecule has 2 aliphatic rings. The lowest BCUT2D eigenvalue weighted by atomic mass is 9.97. The number of hydrogen-bond donors (Lipinski definition) is 1. The highest BCUT2D eigenvalue weighted by molar-refractivity contribution is 5.68. The fourth-order valence-electron chi connectivity index (χ4n) is 3.03. The third kappa shape index (κ3) is 6.22. The summed E-state index contributed by atoms with van der Waals surface area (Å²) in [5, 5.41) is 2.99. The highest BCUT2D eigenvalue weighted by Gasteiger charge is 2.25. The average molecular weight is 298 g/mol. The van der Waals surface area contributed by atoms with Crippen LogP contribution in [0.2, 0.25) is 0 Å². The molecule has 2 fully saturated rings. The zero-order valence-corrected chi connectivity index (χ0v) is 13.7. The molecule has 5 heteroatoms. The number of nitrogens with zero attached hydrogens (tertiary/aromatic N) is 1. The molecule has 0 aromatic carbocycles. The topological polar surface area (TPSA) is 50.8 Å². The van der Waals surface area contributed by atoms with Gasteiger partial charge in [0.1, 0.15) is 5.60 Å². The van der Waals surface area contributed by atoms with Crippen LogP contribution in [0.3, 0.4) is 0 Å². The van der Waals surface area contributed by atoms with Gasteiger partial charge in [0, 0.05) is 38.9 Å². The Morgan fingerprint density at radius 3 is 2.38 bits per heavy atom. The van der Waals surface area contributed by atoms with Gasteiger partial charge in [0.2, 0.25) is 0 Å². The SMILES string of the molecule is CC(C)(C)OC(=O)NC1CCN(CC2CCOCC2)CC1. The second kappa shape index (κ2) is 7.45. The number of alkyl carbamates (subject to hydrolysis) is 1. The summed E-state index contributed by atoms with van der Waals surface area (Å²) in [5.41, 5.74) is -0.423. The van der Waals surface area contributed by atoms with E-state index in [0.717, 1.165) is 45.1 Å². The van der Waals surface area contributed by atoms with E-state index in [1.165, 1.54) is 19.4 Å². The molecule has 5 nitrogen and oxygen atoms in total. The maximum absolute atomic E-state index is 11.8. The summed E-state index contributed by atoms with van der Waals surface area (Å²) in [7, 11) is 0. The van der Waals surface area contributed by atoms with Crippen LogP contribution >= 0.6 is 0 Å². The van der Waals surface area contributed by atoms with Gasteiger partial charge in [-0.05, 0) is 52.4 Å². The van der Waals surface area contributed by atoms with Crippen molar-refractivity contribution in [3.8, 4) is 0 Å². The van der Waals surface area contributed by atoms with E-state index in [1.54, 1.807) is 0 Å². The molecule has 0 spiro atoms. The normalized spacial score (nSPS) is 23.0. The lowest BCUT2D eigenvalue weighted by Crippen LogP contribution is -2.47. The number of hydrogen-bond acceptors (Lipinski definition) is 4. The van der Waals surface area contributed by atoms with Gasteiger partial charge in [0.15, 0.2) is 0 Å². The number of carbonyl (C=O) groups excluding carboxylic acids is 1. The summed E-state index contributed by atoms with van der Waals surface area (Å²) in [6.45, 7) is 10.8. The summed E-state index contributed by atoms with van der Waals surface area (Å²) < 4.78 is 10.7. The molecule has 21 heavy (non-hydrogen) atoms. The molecule has 0 atom stereocenters. The molecule has 2 heterocycles. The second-order valence-electron chi connectivity index (χ2n) is 7.28. The quantitative estimate of drug-likeness (QED) is 0.869. The van der Waals surface area contributed by atoms with Gasteiger partial charge < -0.3 is 19.7 Å². The van der Waals surface area contributed by atoms with Gasteiger partial charge in [0.05, 0.1) is 0 Å². The molecule has 1 N–H and O–H groups in total. The van der Waals surface area contributed by atoms with Crippen molar-refractivity contribution in [1.82, 2.24) is 10.2 Å². The average Bonchev–Trinajstić information content (AvgIpc) is 2.40. The van der Waals surface area contributed by atoms with E-state index in [4.69, 9.17) is 9.47 Å². The third-order valence-electron chi connectivity index (χ3n) is 4.17. The number of ether oxygens (including phenoxy) is 2. The molecule has 0 bridgehead atoms. The van der Waals surface area contributed by atoms with Crippen LogP contribution in [0.1, 0.15) is 46.5 Å². The van der Waals surface area contributed by atoms with Crippen molar-refractivity contribution in [1.29, 1.82) is 0 Å². The Kier molecular flexibility index (Phi) is 5.88. The molecule has 0 aromatic heterocycles. The first-order valence-electron chi connectivity index (χ1n) is 8.22. The van der Waals surface area contributed by atoms with E-state index in [1.807, 2.05) is 20.8 Å². The van der Waals surface area contributed by atoms with Crippen molar-refractivity contribution < 1.29 is 14.3 Å². The van der Waals surface area contributed by atoms with E-state index >= 15 is 0 Å². The van der Waals surface area contributed by atoms with Crippen LogP contribution in [-0.4, -0.2) is 55.5 Å².